The van der Waals surface area contributed by atoms with Crippen LogP contribution in [0.1, 0.15) is 32.6 Å². The summed E-state index contributed by atoms with van der Waals surface area (Å²) in [7, 11) is 1.95. The molecule has 0 aromatic rings. The predicted octanol–water partition coefficient (Wildman–Crippen LogP) is 0.722. The van der Waals surface area contributed by atoms with Crippen LogP contribution in [0.25, 0.3) is 0 Å². The molecule has 0 fully saturated rings. The molecule has 0 aliphatic carbocycles. The Morgan fingerprint density at radius 3 is 2.54 bits per heavy atom. The van der Waals surface area contributed by atoms with Crippen molar-refractivity contribution in [3.05, 3.63) is 0 Å². The summed E-state index contributed by atoms with van der Waals surface area (Å²) in [6, 6.07) is 0. The minimum absolute atomic E-state index is 0.166. The highest BCUT2D eigenvalue weighted by molar-refractivity contribution is 4.65. The van der Waals surface area contributed by atoms with E-state index in [1.54, 1.807) is 0 Å². The van der Waals surface area contributed by atoms with Crippen molar-refractivity contribution in [1.29, 1.82) is 0 Å². The molecule has 13 heavy (non-hydrogen) atoms. The Morgan fingerprint density at radius 1 is 1.31 bits per heavy atom. The van der Waals surface area contributed by atoms with E-state index >= 15 is 0 Å². The molecule has 0 saturated heterocycles. The molecule has 0 heterocycles. The smallest absolute Gasteiger partial charge is 0.0566 e. The lowest BCUT2D eigenvalue weighted by atomic mass is 9.95. The number of aliphatic hydroxyl groups is 1. The van der Waals surface area contributed by atoms with Gasteiger partial charge in [-0.1, -0.05) is 6.92 Å². The fourth-order valence-electron chi connectivity index (χ4n) is 1.40. The molecule has 0 aromatic carbocycles. The first kappa shape index (κ1) is 12.9. The van der Waals surface area contributed by atoms with Crippen molar-refractivity contribution in [3.63, 3.8) is 0 Å². The average molecular weight is 188 g/mol. The number of rotatable bonds is 8. The van der Waals surface area contributed by atoms with Gasteiger partial charge in [0.25, 0.3) is 0 Å². The summed E-state index contributed by atoms with van der Waals surface area (Å²) in [4.78, 5) is 0. The monoisotopic (exact) mass is 188 g/mol. The summed E-state index contributed by atoms with van der Waals surface area (Å²) in [5, 5.41) is 12.8. The van der Waals surface area contributed by atoms with Crippen molar-refractivity contribution in [2.75, 3.05) is 20.1 Å². The van der Waals surface area contributed by atoms with Crippen LogP contribution in [0.2, 0.25) is 0 Å². The lowest BCUT2D eigenvalue weighted by Crippen LogP contribution is -2.20. The lowest BCUT2D eigenvalue weighted by Gasteiger charge is -2.18. The summed E-state index contributed by atoms with van der Waals surface area (Å²) in [6.45, 7) is 3.82. The van der Waals surface area contributed by atoms with Crippen LogP contribution in [0.3, 0.4) is 0 Å². The minimum atomic E-state index is -0.166. The van der Waals surface area contributed by atoms with E-state index in [4.69, 9.17) is 5.73 Å². The van der Waals surface area contributed by atoms with Crippen LogP contribution >= 0.6 is 0 Å². The van der Waals surface area contributed by atoms with Crippen LogP contribution in [-0.2, 0) is 0 Å². The molecule has 0 spiro atoms. The van der Waals surface area contributed by atoms with Crippen LogP contribution in [0.15, 0.2) is 0 Å². The predicted molar refractivity (Wildman–Crippen MR) is 56.6 cm³/mol. The van der Waals surface area contributed by atoms with Crippen LogP contribution in [-0.4, -0.2) is 31.3 Å². The van der Waals surface area contributed by atoms with Crippen molar-refractivity contribution in [2.45, 2.75) is 38.7 Å². The van der Waals surface area contributed by atoms with Gasteiger partial charge in [0.15, 0.2) is 0 Å². The number of aliphatic hydroxyl groups excluding tert-OH is 1. The molecule has 3 nitrogen and oxygen atoms in total. The fraction of sp³-hybridized carbons (Fsp3) is 1.00. The van der Waals surface area contributed by atoms with E-state index in [9.17, 15) is 5.11 Å². The lowest BCUT2D eigenvalue weighted by molar-refractivity contribution is 0.100. The molecule has 0 aliphatic rings. The zero-order valence-corrected chi connectivity index (χ0v) is 8.92. The van der Waals surface area contributed by atoms with Crippen molar-refractivity contribution >= 4 is 0 Å². The largest absolute Gasteiger partial charge is 0.393 e. The topological polar surface area (TPSA) is 58.3 Å². The molecule has 4 N–H and O–H groups in total. The third-order valence-electron chi connectivity index (χ3n) is 2.45. The van der Waals surface area contributed by atoms with Crippen molar-refractivity contribution in [2.24, 2.45) is 11.7 Å². The summed E-state index contributed by atoms with van der Waals surface area (Å²) < 4.78 is 0. The molecule has 0 saturated carbocycles. The first-order chi connectivity index (χ1) is 6.22. The van der Waals surface area contributed by atoms with Gasteiger partial charge in [-0.3, -0.25) is 0 Å². The molecule has 0 aliphatic heterocycles. The SMILES string of the molecule is CNCCCC(C)C(O)CCCN. The molecule has 0 bridgehead atoms. The van der Waals surface area contributed by atoms with Gasteiger partial charge in [0, 0.05) is 0 Å². The Morgan fingerprint density at radius 2 is 2.00 bits per heavy atom. The summed E-state index contributed by atoms with van der Waals surface area (Å²) in [5.74, 6) is 0.403. The zero-order valence-electron chi connectivity index (χ0n) is 8.92. The number of hydrogen-bond acceptors (Lipinski definition) is 3. The highest BCUT2D eigenvalue weighted by Gasteiger charge is 2.12. The second-order valence-corrected chi connectivity index (χ2v) is 3.72. The standard InChI is InChI=1S/C10H24N2O/c1-9(5-4-8-12-2)10(13)6-3-7-11/h9-10,12-13H,3-8,11H2,1-2H3. The zero-order chi connectivity index (χ0) is 10.1. The maximum Gasteiger partial charge on any atom is 0.0566 e. The van der Waals surface area contributed by atoms with Gasteiger partial charge in [-0.15, -0.1) is 0 Å². The Balaban J connectivity index is 3.38. The van der Waals surface area contributed by atoms with Gasteiger partial charge in [-0.05, 0) is 51.7 Å². The van der Waals surface area contributed by atoms with E-state index in [2.05, 4.69) is 12.2 Å². The normalized spacial score (nSPS) is 15.7. The van der Waals surface area contributed by atoms with Gasteiger partial charge < -0.3 is 16.2 Å². The molecule has 3 heteroatoms. The van der Waals surface area contributed by atoms with Crippen molar-refractivity contribution in [1.82, 2.24) is 5.32 Å². The maximum absolute atomic E-state index is 9.67. The van der Waals surface area contributed by atoms with Crippen LogP contribution < -0.4 is 11.1 Å². The quantitative estimate of drug-likeness (QED) is 0.492. The van der Waals surface area contributed by atoms with Crippen LogP contribution in [0.5, 0.6) is 0 Å². The molecule has 0 rings (SSSR count). The second kappa shape index (κ2) is 8.48. The molecular formula is C10H24N2O. The summed E-state index contributed by atoms with van der Waals surface area (Å²) in [5.41, 5.74) is 5.38. The number of hydrogen-bond donors (Lipinski definition) is 3. The minimum Gasteiger partial charge on any atom is -0.393 e. The molecule has 80 valence electrons. The highest BCUT2D eigenvalue weighted by atomic mass is 16.3. The first-order valence-corrected chi connectivity index (χ1v) is 5.25. The van der Waals surface area contributed by atoms with E-state index < -0.39 is 0 Å². The molecule has 2 atom stereocenters. The van der Waals surface area contributed by atoms with Crippen LogP contribution in [0, 0.1) is 5.92 Å². The Hall–Kier alpha value is -0.120. The number of nitrogens with two attached hydrogens (primary N) is 1. The molecule has 0 amide bonds. The second-order valence-electron chi connectivity index (χ2n) is 3.72. The van der Waals surface area contributed by atoms with Crippen LogP contribution in [0.4, 0.5) is 0 Å². The van der Waals surface area contributed by atoms with Gasteiger partial charge in [-0.25, -0.2) is 0 Å². The summed E-state index contributed by atoms with van der Waals surface area (Å²) >= 11 is 0. The van der Waals surface area contributed by atoms with E-state index in [1.165, 1.54) is 0 Å². The molecule has 0 radical (unpaired) electrons. The molecular weight excluding hydrogens is 164 g/mol. The van der Waals surface area contributed by atoms with E-state index in [0.29, 0.717) is 12.5 Å². The van der Waals surface area contributed by atoms with E-state index in [1.807, 2.05) is 7.05 Å². The van der Waals surface area contributed by atoms with Gasteiger partial charge in [0.1, 0.15) is 0 Å². The van der Waals surface area contributed by atoms with E-state index in [0.717, 1.165) is 32.2 Å². The van der Waals surface area contributed by atoms with Gasteiger partial charge >= 0.3 is 0 Å². The average Bonchev–Trinajstić information content (AvgIpc) is 2.14. The Labute approximate surface area is 81.7 Å². The maximum atomic E-state index is 9.67. The molecule has 0 aromatic heterocycles. The van der Waals surface area contributed by atoms with Crippen molar-refractivity contribution in [3.8, 4) is 0 Å². The third kappa shape index (κ3) is 6.99. The van der Waals surface area contributed by atoms with Gasteiger partial charge in [0.2, 0.25) is 0 Å². The Kier molecular flexibility index (Phi) is 8.40. The molecule has 2 unspecified atom stereocenters. The third-order valence-corrected chi connectivity index (χ3v) is 2.45. The van der Waals surface area contributed by atoms with Gasteiger partial charge in [0.05, 0.1) is 6.10 Å². The fourth-order valence-corrected chi connectivity index (χ4v) is 1.40. The first-order valence-electron chi connectivity index (χ1n) is 5.25. The number of nitrogens with one attached hydrogen (secondary N) is 1. The highest BCUT2D eigenvalue weighted by Crippen LogP contribution is 2.14. The van der Waals surface area contributed by atoms with E-state index in [-0.39, 0.29) is 6.10 Å². The van der Waals surface area contributed by atoms with Crippen molar-refractivity contribution < 1.29 is 5.11 Å². The Bertz CT molecular complexity index is 109. The summed E-state index contributed by atoms with van der Waals surface area (Å²) in [6.07, 6.45) is 3.83. The van der Waals surface area contributed by atoms with Gasteiger partial charge in [-0.2, -0.15) is 0 Å².